The fourth-order valence-electron chi connectivity index (χ4n) is 2.41. The van der Waals surface area contributed by atoms with Gasteiger partial charge in [0.05, 0.1) is 11.9 Å². The number of benzene rings is 2. The number of nitrogens with zero attached hydrogens (tertiary/aromatic N) is 1. The van der Waals surface area contributed by atoms with E-state index in [9.17, 15) is 8.42 Å². The first-order valence-corrected chi connectivity index (χ1v) is 9.41. The maximum absolute atomic E-state index is 11.5. The zero-order valence-corrected chi connectivity index (χ0v) is 14.5. The summed E-state index contributed by atoms with van der Waals surface area (Å²) in [4.78, 5) is 4.47. The summed E-state index contributed by atoms with van der Waals surface area (Å²) in [5, 5.41) is 3.28. The average molecular weight is 345 g/mol. The lowest BCUT2D eigenvalue weighted by atomic mass is 10.2. The minimum absolute atomic E-state index is 0.161. The third-order valence-electron chi connectivity index (χ3n) is 3.60. The van der Waals surface area contributed by atoms with Crippen LogP contribution in [0.1, 0.15) is 24.4 Å². The molecular formula is C17H19N3O3S. The molecule has 6 nitrogen and oxygen atoms in total. The van der Waals surface area contributed by atoms with Crippen LogP contribution in [0.15, 0.2) is 46.9 Å². The molecule has 0 radical (unpaired) electrons. The van der Waals surface area contributed by atoms with Crippen molar-refractivity contribution in [2.24, 2.45) is 0 Å². The average Bonchev–Trinajstić information content (AvgIpc) is 2.93. The van der Waals surface area contributed by atoms with Gasteiger partial charge in [0, 0.05) is 5.69 Å². The number of hydrogen-bond donors (Lipinski definition) is 2. The first kappa shape index (κ1) is 16.3. The first-order valence-electron chi connectivity index (χ1n) is 7.52. The fraction of sp³-hybridized carbons (Fsp3) is 0.235. The number of aryl methyl sites for hydroxylation is 1. The van der Waals surface area contributed by atoms with Crippen molar-refractivity contribution in [3.63, 3.8) is 0 Å². The Morgan fingerprint density at radius 3 is 2.62 bits per heavy atom. The fourth-order valence-corrected chi connectivity index (χ4v) is 3.03. The van der Waals surface area contributed by atoms with Crippen LogP contribution in [-0.2, 0) is 10.0 Å². The summed E-state index contributed by atoms with van der Waals surface area (Å²) < 4.78 is 31.2. The standard InChI is InChI=1S/C17H19N3O3S/c1-11-8-9-13(10-15(11)20-24(3,21)22)18-12(2)17-19-14-6-4-5-7-16(14)23-17/h4-10,12,18,20H,1-3H3. The molecule has 0 fully saturated rings. The molecule has 1 atom stereocenters. The van der Waals surface area contributed by atoms with Gasteiger partial charge in [0.25, 0.3) is 0 Å². The molecule has 1 aromatic heterocycles. The van der Waals surface area contributed by atoms with E-state index in [1.165, 1.54) is 0 Å². The zero-order valence-electron chi connectivity index (χ0n) is 13.7. The molecule has 0 saturated heterocycles. The Hall–Kier alpha value is -2.54. The van der Waals surface area contributed by atoms with Crippen LogP contribution in [0.4, 0.5) is 11.4 Å². The van der Waals surface area contributed by atoms with Crippen LogP contribution >= 0.6 is 0 Å². The van der Waals surface area contributed by atoms with Gasteiger partial charge in [-0.1, -0.05) is 18.2 Å². The lowest BCUT2D eigenvalue weighted by molar-refractivity contribution is 0.506. The Morgan fingerprint density at radius 1 is 1.17 bits per heavy atom. The Balaban J connectivity index is 1.83. The highest BCUT2D eigenvalue weighted by Gasteiger charge is 2.14. The van der Waals surface area contributed by atoms with Gasteiger partial charge in [-0.15, -0.1) is 0 Å². The molecule has 24 heavy (non-hydrogen) atoms. The molecule has 0 spiro atoms. The van der Waals surface area contributed by atoms with Crippen molar-refractivity contribution in [1.29, 1.82) is 0 Å². The van der Waals surface area contributed by atoms with Crippen molar-refractivity contribution in [2.75, 3.05) is 16.3 Å². The summed E-state index contributed by atoms with van der Waals surface area (Å²) in [6.07, 6.45) is 1.13. The summed E-state index contributed by atoms with van der Waals surface area (Å²) in [6, 6.07) is 12.9. The van der Waals surface area contributed by atoms with Gasteiger partial charge in [0.15, 0.2) is 5.58 Å². The van der Waals surface area contributed by atoms with Gasteiger partial charge in [-0.05, 0) is 43.7 Å². The molecule has 1 heterocycles. The minimum atomic E-state index is -3.32. The van der Waals surface area contributed by atoms with Crippen molar-refractivity contribution < 1.29 is 12.8 Å². The van der Waals surface area contributed by atoms with Gasteiger partial charge >= 0.3 is 0 Å². The Bertz CT molecular complexity index is 947. The Labute approximate surface area is 141 Å². The summed E-state index contributed by atoms with van der Waals surface area (Å²) in [7, 11) is -3.32. The number of nitrogens with one attached hydrogen (secondary N) is 2. The van der Waals surface area contributed by atoms with E-state index in [1.54, 1.807) is 6.07 Å². The number of oxazole rings is 1. The molecule has 3 aromatic rings. The number of hydrogen-bond acceptors (Lipinski definition) is 5. The molecular weight excluding hydrogens is 326 g/mol. The predicted octanol–water partition coefficient (Wildman–Crippen LogP) is 3.68. The van der Waals surface area contributed by atoms with Crippen molar-refractivity contribution in [2.45, 2.75) is 19.9 Å². The monoisotopic (exact) mass is 345 g/mol. The quantitative estimate of drug-likeness (QED) is 0.737. The molecule has 0 saturated carbocycles. The molecule has 126 valence electrons. The van der Waals surface area contributed by atoms with Crippen molar-refractivity contribution in [3.05, 3.63) is 53.9 Å². The van der Waals surface area contributed by atoms with E-state index in [-0.39, 0.29) is 6.04 Å². The lowest BCUT2D eigenvalue weighted by Crippen LogP contribution is -2.12. The molecule has 7 heteroatoms. The van der Waals surface area contributed by atoms with Gasteiger partial charge < -0.3 is 9.73 Å². The lowest BCUT2D eigenvalue weighted by Gasteiger charge is -2.14. The molecule has 0 aliphatic carbocycles. The number of anilines is 2. The smallest absolute Gasteiger partial charge is 0.229 e. The number of fused-ring (bicyclic) bond motifs is 1. The molecule has 0 aliphatic heterocycles. The molecule has 0 amide bonds. The number of para-hydroxylation sites is 2. The maximum atomic E-state index is 11.5. The van der Waals surface area contributed by atoms with Crippen LogP contribution in [-0.4, -0.2) is 19.7 Å². The Morgan fingerprint density at radius 2 is 1.92 bits per heavy atom. The zero-order chi connectivity index (χ0) is 17.3. The summed E-state index contributed by atoms with van der Waals surface area (Å²) in [5.41, 5.74) is 3.73. The second-order valence-corrected chi connectivity index (χ2v) is 7.54. The van der Waals surface area contributed by atoms with E-state index >= 15 is 0 Å². The Kier molecular flexibility index (Phi) is 4.19. The van der Waals surface area contributed by atoms with Crippen molar-refractivity contribution >= 4 is 32.5 Å². The normalized spacial score (nSPS) is 13.0. The summed E-state index contributed by atoms with van der Waals surface area (Å²) >= 11 is 0. The second kappa shape index (κ2) is 6.16. The van der Waals surface area contributed by atoms with E-state index < -0.39 is 10.0 Å². The number of rotatable bonds is 5. The molecule has 1 unspecified atom stereocenters. The molecule has 0 bridgehead atoms. The van der Waals surface area contributed by atoms with Crippen molar-refractivity contribution in [3.8, 4) is 0 Å². The van der Waals surface area contributed by atoms with Gasteiger partial charge in [-0.3, -0.25) is 4.72 Å². The molecule has 3 rings (SSSR count). The third kappa shape index (κ3) is 3.68. The highest BCUT2D eigenvalue weighted by Crippen LogP contribution is 2.26. The largest absolute Gasteiger partial charge is 0.438 e. The number of sulfonamides is 1. The van der Waals surface area contributed by atoms with Crippen LogP contribution in [0, 0.1) is 6.92 Å². The number of aromatic nitrogens is 1. The highest BCUT2D eigenvalue weighted by atomic mass is 32.2. The van der Waals surface area contributed by atoms with Crippen LogP contribution in [0.25, 0.3) is 11.1 Å². The van der Waals surface area contributed by atoms with E-state index in [0.29, 0.717) is 11.6 Å². The minimum Gasteiger partial charge on any atom is -0.438 e. The maximum Gasteiger partial charge on any atom is 0.229 e. The summed E-state index contributed by atoms with van der Waals surface area (Å²) in [6.45, 7) is 3.79. The predicted molar refractivity (Wildman–Crippen MR) is 95.7 cm³/mol. The van der Waals surface area contributed by atoms with Crippen LogP contribution in [0.2, 0.25) is 0 Å². The van der Waals surface area contributed by atoms with E-state index in [4.69, 9.17) is 4.42 Å². The topological polar surface area (TPSA) is 84.2 Å². The van der Waals surface area contributed by atoms with Crippen LogP contribution < -0.4 is 10.0 Å². The van der Waals surface area contributed by atoms with Gasteiger partial charge in [-0.2, -0.15) is 0 Å². The second-order valence-electron chi connectivity index (χ2n) is 5.79. The molecule has 2 N–H and O–H groups in total. The third-order valence-corrected chi connectivity index (χ3v) is 4.19. The molecule has 2 aromatic carbocycles. The highest BCUT2D eigenvalue weighted by molar-refractivity contribution is 7.92. The van der Waals surface area contributed by atoms with Gasteiger partial charge in [0.1, 0.15) is 11.6 Å². The first-order chi connectivity index (χ1) is 11.3. The van der Waals surface area contributed by atoms with E-state index in [2.05, 4.69) is 15.0 Å². The molecule has 0 aliphatic rings. The van der Waals surface area contributed by atoms with Crippen LogP contribution in [0.5, 0.6) is 0 Å². The van der Waals surface area contributed by atoms with Crippen LogP contribution in [0.3, 0.4) is 0 Å². The SMILES string of the molecule is Cc1ccc(NC(C)c2nc3ccccc3o2)cc1NS(C)(=O)=O. The van der Waals surface area contributed by atoms with Crippen molar-refractivity contribution in [1.82, 2.24) is 4.98 Å². The van der Waals surface area contributed by atoms with Gasteiger partial charge in [-0.25, -0.2) is 13.4 Å². The van der Waals surface area contributed by atoms with E-state index in [0.717, 1.165) is 28.6 Å². The summed E-state index contributed by atoms with van der Waals surface area (Å²) in [5.74, 6) is 0.578. The van der Waals surface area contributed by atoms with Gasteiger partial charge in [0.2, 0.25) is 15.9 Å². The van der Waals surface area contributed by atoms with E-state index in [1.807, 2.05) is 50.2 Å².